The summed E-state index contributed by atoms with van der Waals surface area (Å²) in [6.45, 7) is 0. The van der Waals surface area contributed by atoms with E-state index in [1.54, 1.807) is 35.3 Å². The van der Waals surface area contributed by atoms with E-state index in [0.29, 0.717) is 21.6 Å². The fraction of sp³-hybridized carbons (Fsp3) is 0. The number of hydrogen-bond acceptors (Lipinski definition) is 3. The van der Waals surface area contributed by atoms with Crippen LogP contribution >= 0.6 is 22.3 Å². The quantitative estimate of drug-likeness (QED) is 0.739. The Morgan fingerprint density at radius 1 is 1.32 bits per heavy atom. The SMILES string of the molecule is O=S(=O)(Cl)c1c[nH]c2c(-n3cccn3)c(Cl)ccc12. The number of nitrogens with one attached hydrogen (secondary N) is 1. The van der Waals surface area contributed by atoms with E-state index in [9.17, 15) is 8.42 Å². The van der Waals surface area contributed by atoms with Gasteiger partial charge in [0.05, 0.1) is 10.5 Å². The van der Waals surface area contributed by atoms with Crippen LogP contribution in [0.25, 0.3) is 16.6 Å². The van der Waals surface area contributed by atoms with Crippen LogP contribution in [0.3, 0.4) is 0 Å². The lowest BCUT2D eigenvalue weighted by atomic mass is 10.2. The smallest absolute Gasteiger partial charge is 0.263 e. The lowest BCUT2D eigenvalue weighted by molar-refractivity contribution is 0.610. The maximum Gasteiger partial charge on any atom is 0.263 e. The molecule has 0 saturated carbocycles. The Morgan fingerprint density at radius 2 is 2.11 bits per heavy atom. The summed E-state index contributed by atoms with van der Waals surface area (Å²) < 4.78 is 24.5. The van der Waals surface area contributed by atoms with Gasteiger partial charge in [0.2, 0.25) is 0 Å². The second-order valence-corrected chi connectivity index (χ2v) is 6.80. The number of benzene rings is 1. The molecule has 0 aliphatic rings. The Hall–Kier alpha value is -1.50. The van der Waals surface area contributed by atoms with Gasteiger partial charge in [-0.15, -0.1) is 0 Å². The van der Waals surface area contributed by atoms with Crippen molar-refractivity contribution in [2.75, 3.05) is 0 Å². The van der Waals surface area contributed by atoms with E-state index in [-0.39, 0.29) is 4.90 Å². The number of nitrogens with zero attached hydrogens (tertiary/aromatic N) is 2. The van der Waals surface area contributed by atoms with Crippen molar-refractivity contribution in [1.82, 2.24) is 14.8 Å². The molecule has 98 valence electrons. The van der Waals surface area contributed by atoms with Crippen LogP contribution in [-0.4, -0.2) is 23.2 Å². The first-order chi connectivity index (χ1) is 8.98. The summed E-state index contributed by atoms with van der Waals surface area (Å²) in [6, 6.07) is 4.97. The number of aromatic nitrogens is 3. The normalized spacial score (nSPS) is 12.1. The highest BCUT2D eigenvalue weighted by Gasteiger charge is 2.19. The summed E-state index contributed by atoms with van der Waals surface area (Å²) in [5.41, 5.74) is 1.14. The maximum atomic E-state index is 11.5. The Balaban J connectivity index is 2.41. The molecule has 1 N–H and O–H groups in total. The van der Waals surface area contributed by atoms with Crippen molar-refractivity contribution < 1.29 is 8.42 Å². The van der Waals surface area contributed by atoms with Gasteiger partial charge in [-0.25, -0.2) is 13.1 Å². The van der Waals surface area contributed by atoms with Gasteiger partial charge in [-0.2, -0.15) is 5.10 Å². The van der Waals surface area contributed by atoms with Crippen molar-refractivity contribution in [1.29, 1.82) is 0 Å². The first-order valence-corrected chi connectivity index (χ1v) is 7.91. The first-order valence-electron chi connectivity index (χ1n) is 5.23. The van der Waals surface area contributed by atoms with Gasteiger partial charge in [0.15, 0.2) is 0 Å². The van der Waals surface area contributed by atoms with Crippen molar-refractivity contribution in [2.24, 2.45) is 0 Å². The van der Waals surface area contributed by atoms with E-state index in [1.165, 1.54) is 6.20 Å². The molecule has 3 aromatic rings. The molecule has 3 rings (SSSR count). The number of fused-ring (bicyclic) bond motifs is 1. The Labute approximate surface area is 118 Å². The van der Waals surface area contributed by atoms with E-state index < -0.39 is 9.05 Å². The molecule has 2 aromatic heterocycles. The number of halogens is 2. The monoisotopic (exact) mass is 315 g/mol. The van der Waals surface area contributed by atoms with Crippen LogP contribution in [0, 0.1) is 0 Å². The number of hydrogen-bond donors (Lipinski definition) is 1. The van der Waals surface area contributed by atoms with Gasteiger partial charge in [0.1, 0.15) is 10.6 Å². The standard InChI is InChI=1S/C11H7Cl2N3O2S/c12-8-3-2-7-9(19(13,17)18)6-14-10(7)11(8)16-5-1-4-15-16/h1-6,14H. The summed E-state index contributed by atoms with van der Waals surface area (Å²) in [5.74, 6) is 0. The van der Waals surface area contributed by atoms with Gasteiger partial charge < -0.3 is 4.98 Å². The van der Waals surface area contributed by atoms with Gasteiger partial charge >= 0.3 is 0 Å². The van der Waals surface area contributed by atoms with Crippen molar-refractivity contribution in [3.8, 4) is 5.69 Å². The van der Waals surface area contributed by atoms with Gasteiger partial charge in [-0.1, -0.05) is 11.6 Å². The predicted octanol–water partition coefficient (Wildman–Crippen LogP) is 2.93. The second-order valence-electron chi connectivity index (χ2n) is 3.86. The number of aromatic amines is 1. The van der Waals surface area contributed by atoms with E-state index in [2.05, 4.69) is 10.1 Å². The van der Waals surface area contributed by atoms with Crippen LogP contribution in [0.5, 0.6) is 0 Å². The molecule has 0 amide bonds. The Kier molecular flexibility index (Phi) is 2.81. The maximum absolute atomic E-state index is 11.5. The van der Waals surface area contributed by atoms with Crippen molar-refractivity contribution in [3.05, 3.63) is 41.8 Å². The fourth-order valence-electron chi connectivity index (χ4n) is 1.96. The van der Waals surface area contributed by atoms with E-state index in [4.69, 9.17) is 22.3 Å². The summed E-state index contributed by atoms with van der Waals surface area (Å²) in [5, 5.41) is 5.03. The van der Waals surface area contributed by atoms with Crippen LogP contribution in [0.1, 0.15) is 0 Å². The molecule has 0 unspecified atom stereocenters. The highest BCUT2D eigenvalue weighted by Crippen LogP contribution is 2.33. The zero-order valence-electron chi connectivity index (χ0n) is 9.34. The molecule has 0 saturated heterocycles. The summed E-state index contributed by atoms with van der Waals surface area (Å²) in [4.78, 5) is 2.91. The zero-order chi connectivity index (χ0) is 13.6. The van der Waals surface area contributed by atoms with Crippen molar-refractivity contribution in [2.45, 2.75) is 4.90 Å². The third-order valence-electron chi connectivity index (χ3n) is 2.74. The lowest BCUT2D eigenvalue weighted by Gasteiger charge is -2.06. The average Bonchev–Trinajstić information content (AvgIpc) is 2.94. The van der Waals surface area contributed by atoms with Crippen LogP contribution in [0.15, 0.2) is 41.7 Å². The lowest BCUT2D eigenvalue weighted by Crippen LogP contribution is -1.97. The summed E-state index contributed by atoms with van der Waals surface area (Å²) in [6.07, 6.45) is 4.67. The molecule has 0 spiro atoms. The molecule has 0 aliphatic carbocycles. The zero-order valence-corrected chi connectivity index (χ0v) is 11.7. The summed E-state index contributed by atoms with van der Waals surface area (Å²) in [7, 11) is 1.58. The second kappa shape index (κ2) is 4.26. The van der Waals surface area contributed by atoms with Crippen LogP contribution < -0.4 is 0 Å². The molecule has 0 fully saturated rings. The number of H-pyrrole nitrogens is 1. The largest absolute Gasteiger partial charge is 0.358 e. The molecule has 19 heavy (non-hydrogen) atoms. The molecule has 8 heteroatoms. The minimum Gasteiger partial charge on any atom is -0.358 e. The summed E-state index contributed by atoms with van der Waals surface area (Å²) >= 11 is 6.15. The minimum absolute atomic E-state index is 0.0224. The molecule has 0 bridgehead atoms. The third kappa shape index (κ3) is 2.01. The molecule has 1 aromatic carbocycles. The van der Waals surface area contributed by atoms with Gasteiger partial charge in [-0.05, 0) is 18.2 Å². The van der Waals surface area contributed by atoms with E-state index in [1.807, 2.05) is 0 Å². The van der Waals surface area contributed by atoms with Crippen molar-refractivity contribution >= 4 is 42.2 Å². The highest BCUT2D eigenvalue weighted by atomic mass is 35.7. The number of rotatable bonds is 2. The van der Waals surface area contributed by atoms with Gasteiger partial charge in [0, 0.05) is 34.7 Å². The van der Waals surface area contributed by atoms with E-state index >= 15 is 0 Å². The Bertz CT molecular complexity index is 854. The molecule has 0 aliphatic heterocycles. The molecule has 2 heterocycles. The highest BCUT2D eigenvalue weighted by molar-refractivity contribution is 8.14. The first kappa shape index (κ1) is 12.5. The Morgan fingerprint density at radius 3 is 2.74 bits per heavy atom. The molecular formula is C11H7Cl2N3O2S. The van der Waals surface area contributed by atoms with Crippen molar-refractivity contribution in [3.63, 3.8) is 0 Å². The van der Waals surface area contributed by atoms with Crippen LogP contribution in [0.2, 0.25) is 5.02 Å². The molecule has 5 nitrogen and oxygen atoms in total. The fourth-order valence-corrected chi connectivity index (χ4v) is 3.22. The third-order valence-corrected chi connectivity index (χ3v) is 4.40. The minimum atomic E-state index is -3.82. The van der Waals surface area contributed by atoms with Gasteiger partial charge in [-0.3, -0.25) is 0 Å². The molecule has 0 radical (unpaired) electrons. The van der Waals surface area contributed by atoms with Gasteiger partial charge in [0.25, 0.3) is 9.05 Å². The average molecular weight is 316 g/mol. The van der Waals surface area contributed by atoms with Crippen LogP contribution in [0.4, 0.5) is 0 Å². The molecular weight excluding hydrogens is 309 g/mol. The van der Waals surface area contributed by atoms with Crippen LogP contribution in [-0.2, 0) is 9.05 Å². The molecule has 0 atom stereocenters. The topological polar surface area (TPSA) is 67.8 Å². The predicted molar refractivity (Wildman–Crippen MR) is 73.5 cm³/mol. The van der Waals surface area contributed by atoms with E-state index in [0.717, 1.165) is 0 Å².